The Morgan fingerprint density at radius 2 is 1.37 bits per heavy atom. The molecule has 0 amide bonds. The molecule has 0 unspecified atom stereocenters. The molecule has 140 valence electrons. The van der Waals surface area contributed by atoms with Crippen LogP contribution in [0.1, 0.15) is 29.9 Å². The van der Waals surface area contributed by atoms with E-state index in [0.29, 0.717) is 0 Å². The van der Waals surface area contributed by atoms with Gasteiger partial charge in [0.1, 0.15) is 11.5 Å². The lowest BCUT2D eigenvalue weighted by Gasteiger charge is -2.16. The molecule has 0 bridgehead atoms. The maximum atomic E-state index is 9.45. The van der Waals surface area contributed by atoms with Crippen LogP contribution in [0.3, 0.4) is 0 Å². The highest BCUT2D eigenvalue weighted by atomic mass is 16.5. The number of aromatic amines is 2. The van der Waals surface area contributed by atoms with E-state index in [0.717, 1.165) is 46.1 Å². The molecule has 0 aliphatic rings. The molecule has 2 aromatic heterocycles. The summed E-state index contributed by atoms with van der Waals surface area (Å²) in [4.78, 5) is 6.75. The Labute approximate surface area is 157 Å². The summed E-state index contributed by atoms with van der Waals surface area (Å²) < 4.78 is 10.8. The summed E-state index contributed by atoms with van der Waals surface area (Å²) >= 11 is 0. The third kappa shape index (κ3) is 3.15. The molecule has 4 rings (SSSR count). The monoisotopic (exact) mass is 364 g/mol. The molecule has 0 aliphatic carbocycles. The molecule has 27 heavy (non-hydrogen) atoms. The van der Waals surface area contributed by atoms with Crippen molar-refractivity contribution >= 4 is 21.8 Å². The number of hydrogen-bond donors (Lipinski definition) is 3. The smallest absolute Gasteiger partial charge is 0.119 e. The zero-order valence-corrected chi connectivity index (χ0v) is 15.6. The van der Waals surface area contributed by atoms with Crippen LogP contribution in [0, 0.1) is 0 Å². The molecule has 0 aliphatic heterocycles. The van der Waals surface area contributed by atoms with Gasteiger partial charge in [-0.05, 0) is 60.4 Å². The van der Waals surface area contributed by atoms with Gasteiger partial charge in [0.15, 0.2) is 0 Å². The van der Waals surface area contributed by atoms with Gasteiger partial charge >= 0.3 is 0 Å². The van der Waals surface area contributed by atoms with Crippen LogP contribution >= 0.6 is 0 Å². The van der Waals surface area contributed by atoms with E-state index in [1.54, 1.807) is 14.2 Å². The number of nitrogens with one attached hydrogen (secondary N) is 2. The average Bonchev–Trinajstić information content (AvgIpc) is 3.32. The molecule has 2 heterocycles. The molecule has 0 fully saturated rings. The van der Waals surface area contributed by atoms with E-state index in [4.69, 9.17) is 9.47 Å². The van der Waals surface area contributed by atoms with Crippen molar-refractivity contribution in [1.29, 1.82) is 0 Å². The van der Waals surface area contributed by atoms with E-state index in [1.807, 2.05) is 24.3 Å². The summed E-state index contributed by atoms with van der Waals surface area (Å²) in [6.07, 6.45) is 5.74. The predicted octanol–water partition coefficient (Wildman–Crippen LogP) is 4.57. The van der Waals surface area contributed by atoms with Gasteiger partial charge in [0.05, 0.1) is 14.2 Å². The average molecular weight is 364 g/mol. The molecular weight excluding hydrogens is 340 g/mol. The van der Waals surface area contributed by atoms with Crippen molar-refractivity contribution in [2.75, 3.05) is 20.8 Å². The van der Waals surface area contributed by atoms with Gasteiger partial charge < -0.3 is 24.5 Å². The summed E-state index contributed by atoms with van der Waals surface area (Å²) in [7, 11) is 3.37. The zero-order chi connectivity index (χ0) is 18.8. The molecule has 4 aromatic rings. The second-order valence-electron chi connectivity index (χ2n) is 6.73. The van der Waals surface area contributed by atoms with Gasteiger partial charge in [-0.3, -0.25) is 0 Å². The highest BCUT2D eigenvalue weighted by Gasteiger charge is 2.21. The molecule has 0 radical (unpaired) electrons. The van der Waals surface area contributed by atoms with Crippen molar-refractivity contribution in [1.82, 2.24) is 9.97 Å². The van der Waals surface area contributed by atoms with Crippen LogP contribution in [-0.2, 0) is 0 Å². The lowest BCUT2D eigenvalue weighted by molar-refractivity contribution is 0.282. The number of ether oxygens (including phenoxy) is 2. The predicted molar refractivity (Wildman–Crippen MR) is 108 cm³/mol. The van der Waals surface area contributed by atoms with Crippen LogP contribution < -0.4 is 9.47 Å². The Bertz CT molecular complexity index is 982. The largest absolute Gasteiger partial charge is 0.497 e. The number of methoxy groups -OCH3 is 2. The normalized spacial score (nSPS) is 11.6. The fraction of sp³-hybridized carbons (Fsp3) is 0.273. The number of aliphatic hydroxyl groups is 1. The molecule has 5 nitrogen and oxygen atoms in total. The van der Waals surface area contributed by atoms with E-state index in [1.165, 1.54) is 11.1 Å². The Kier molecular flexibility index (Phi) is 4.77. The van der Waals surface area contributed by atoms with Gasteiger partial charge in [-0.15, -0.1) is 0 Å². The first-order valence-corrected chi connectivity index (χ1v) is 9.16. The Morgan fingerprint density at radius 1 is 0.852 bits per heavy atom. The van der Waals surface area contributed by atoms with E-state index >= 15 is 0 Å². The summed E-state index contributed by atoms with van der Waals surface area (Å²) in [5, 5.41) is 11.7. The number of H-pyrrole nitrogens is 2. The topological polar surface area (TPSA) is 70.3 Å². The van der Waals surface area contributed by atoms with Crippen LogP contribution in [0.5, 0.6) is 11.5 Å². The zero-order valence-electron chi connectivity index (χ0n) is 15.6. The molecular formula is C22H24N2O3. The molecule has 0 spiro atoms. The van der Waals surface area contributed by atoms with Gasteiger partial charge in [-0.25, -0.2) is 0 Å². The quantitative estimate of drug-likeness (QED) is 0.450. The van der Waals surface area contributed by atoms with Crippen molar-refractivity contribution < 1.29 is 14.6 Å². The first-order chi connectivity index (χ1) is 13.2. The van der Waals surface area contributed by atoms with E-state index in [2.05, 4.69) is 34.5 Å². The fourth-order valence-electron chi connectivity index (χ4n) is 3.85. The maximum Gasteiger partial charge on any atom is 0.119 e. The standard InChI is InChI=1S/C22H24N2O3/c1-26-14-5-7-21-17(10-14)19(12-23-21)16(4-3-9-25)20-13-24-22-8-6-15(27-2)11-18(20)22/h5-8,10-13,16,23-25H,3-4,9H2,1-2H3. The minimum Gasteiger partial charge on any atom is -0.497 e. The van der Waals surface area contributed by atoms with E-state index in [-0.39, 0.29) is 12.5 Å². The highest BCUT2D eigenvalue weighted by molar-refractivity contribution is 5.89. The van der Waals surface area contributed by atoms with E-state index in [9.17, 15) is 5.11 Å². The number of aromatic nitrogens is 2. The van der Waals surface area contributed by atoms with Gasteiger partial charge in [0.25, 0.3) is 0 Å². The first kappa shape index (κ1) is 17.5. The third-order valence-corrected chi connectivity index (χ3v) is 5.24. The maximum absolute atomic E-state index is 9.45. The Balaban J connectivity index is 1.87. The first-order valence-electron chi connectivity index (χ1n) is 9.16. The molecule has 0 saturated carbocycles. The number of aliphatic hydroxyl groups excluding tert-OH is 1. The number of hydrogen-bond acceptors (Lipinski definition) is 3. The minimum atomic E-state index is 0.152. The minimum absolute atomic E-state index is 0.152. The van der Waals surface area contributed by atoms with Crippen LogP contribution in [0.15, 0.2) is 48.8 Å². The molecule has 0 atom stereocenters. The van der Waals surface area contributed by atoms with Crippen molar-refractivity contribution in [3.05, 3.63) is 59.9 Å². The second-order valence-corrected chi connectivity index (χ2v) is 6.73. The molecule has 0 saturated heterocycles. The number of rotatable bonds is 7. The fourth-order valence-corrected chi connectivity index (χ4v) is 3.85. The lowest BCUT2D eigenvalue weighted by Crippen LogP contribution is -2.02. The Hall–Kier alpha value is -2.92. The number of benzene rings is 2. The van der Waals surface area contributed by atoms with Crippen molar-refractivity contribution in [3.8, 4) is 11.5 Å². The number of fused-ring (bicyclic) bond motifs is 2. The van der Waals surface area contributed by atoms with Gasteiger partial charge in [-0.2, -0.15) is 0 Å². The van der Waals surface area contributed by atoms with Crippen LogP contribution in [0.4, 0.5) is 0 Å². The molecule has 2 aromatic carbocycles. The summed E-state index contributed by atoms with van der Waals surface area (Å²) in [5.41, 5.74) is 4.58. The third-order valence-electron chi connectivity index (χ3n) is 5.24. The lowest BCUT2D eigenvalue weighted by atomic mass is 9.87. The summed E-state index contributed by atoms with van der Waals surface area (Å²) in [6.45, 7) is 0.174. The summed E-state index contributed by atoms with van der Waals surface area (Å²) in [6, 6.07) is 12.1. The van der Waals surface area contributed by atoms with Crippen molar-refractivity contribution in [2.24, 2.45) is 0 Å². The van der Waals surface area contributed by atoms with E-state index < -0.39 is 0 Å². The Morgan fingerprint density at radius 3 is 1.81 bits per heavy atom. The van der Waals surface area contributed by atoms with Crippen LogP contribution in [0.2, 0.25) is 0 Å². The molecule has 3 N–H and O–H groups in total. The van der Waals surface area contributed by atoms with Crippen LogP contribution in [0.25, 0.3) is 21.8 Å². The van der Waals surface area contributed by atoms with Gasteiger partial charge in [0, 0.05) is 46.7 Å². The van der Waals surface area contributed by atoms with Gasteiger partial charge in [0.2, 0.25) is 0 Å². The highest BCUT2D eigenvalue weighted by Crippen LogP contribution is 2.39. The van der Waals surface area contributed by atoms with Crippen molar-refractivity contribution in [2.45, 2.75) is 18.8 Å². The van der Waals surface area contributed by atoms with Crippen LogP contribution in [-0.4, -0.2) is 35.9 Å². The van der Waals surface area contributed by atoms with Gasteiger partial charge in [-0.1, -0.05) is 0 Å². The SMILES string of the molecule is COc1ccc2[nH]cc(C(CCCO)c3c[nH]c4ccc(OC)cc34)c2c1. The van der Waals surface area contributed by atoms with Crippen molar-refractivity contribution in [3.63, 3.8) is 0 Å². The summed E-state index contributed by atoms with van der Waals surface area (Å²) in [5.74, 6) is 1.83. The second kappa shape index (κ2) is 7.37. The molecule has 5 heteroatoms.